The zero-order valence-electron chi connectivity index (χ0n) is 12.3. The van der Waals surface area contributed by atoms with Gasteiger partial charge in [0, 0.05) is 30.2 Å². The first-order valence-corrected chi connectivity index (χ1v) is 7.97. The van der Waals surface area contributed by atoms with Crippen LogP contribution in [0.2, 0.25) is 5.02 Å². The van der Waals surface area contributed by atoms with Gasteiger partial charge in [-0.05, 0) is 44.5 Å². The number of hydrogen-bond donors (Lipinski definition) is 1. The van der Waals surface area contributed by atoms with Gasteiger partial charge in [0.15, 0.2) is 0 Å². The molecule has 0 aliphatic carbocycles. The Morgan fingerprint density at radius 3 is 2.90 bits per heavy atom. The first-order valence-electron chi connectivity index (χ1n) is 7.60. The molecule has 1 aromatic carbocycles. The molecule has 0 aromatic heterocycles. The average Bonchev–Trinajstić information content (AvgIpc) is 2.46. The molecular weight excluding hydrogens is 288 g/mol. The fourth-order valence-electron chi connectivity index (χ4n) is 3.61. The fourth-order valence-corrected chi connectivity index (χ4v) is 3.78. The van der Waals surface area contributed by atoms with Gasteiger partial charge in [-0.3, -0.25) is 4.90 Å². The van der Waals surface area contributed by atoms with Gasteiger partial charge in [0.05, 0.1) is 11.3 Å². The molecule has 2 unspecified atom stereocenters. The lowest BCUT2D eigenvalue weighted by molar-refractivity contribution is 0.0696. The molecule has 0 amide bonds. The van der Waals surface area contributed by atoms with Crippen molar-refractivity contribution in [3.63, 3.8) is 0 Å². The first-order chi connectivity index (χ1) is 10.1. The van der Waals surface area contributed by atoms with E-state index < -0.39 is 5.97 Å². The number of carbonyl (C=O) groups is 1. The van der Waals surface area contributed by atoms with Crippen molar-refractivity contribution in [1.82, 2.24) is 4.90 Å². The number of carboxylic acids is 1. The Kier molecular flexibility index (Phi) is 4.09. The van der Waals surface area contributed by atoms with Gasteiger partial charge in [-0.2, -0.15) is 0 Å². The minimum atomic E-state index is -0.889. The Morgan fingerprint density at radius 1 is 1.33 bits per heavy atom. The second kappa shape index (κ2) is 5.85. The molecule has 0 spiro atoms. The number of anilines is 1. The minimum absolute atomic E-state index is 0.302. The highest BCUT2D eigenvalue weighted by atomic mass is 35.5. The van der Waals surface area contributed by atoms with E-state index in [9.17, 15) is 9.90 Å². The van der Waals surface area contributed by atoms with E-state index in [4.69, 9.17) is 11.6 Å². The number of nitrogens with zero attached hydrogens (tertiary/aromatic N) is 2. The summed E-state index contributed by atoms with van der Waals surface area (Å²) in [7, 11) is 0. The molecule has 0 radical (unpaired) electrons. The van der Waals surface area contributed by atoms with Crippen molar-refractivity contribution in [2.45, 2.75) is 38.3 Å². The zero-order valence-corrected chi connectivity index (χ0v) is 13.0. The van der Waals surface area contributed by atoms with Crippen molar-refractivity contribution in [1.29, 1.82) is 0 Å². The lowest BCUT2D eigenvalue weighted by atomic mass is 9.96. The summed E-state index contributed by atoms with van der Waals surface area (Å²) in [6.07, 6.45) is 3.75. The summed E-state index contributed by atoms with van der Waals surface area (Å²) in [6, 6.07) is 5.89. The Hall–Kier alpha value is -1.26. The van der Waals surface area contributed by atoms with E-state index in [0.717, 1.165) is 18.8 Å². The van der Waals surface area contributed by atoms with Gasteiger partial charge in [-0.1, -0.05) is 18.0 Å². The summed E-state index contributed by atoms with van der Waals surface area (Å²) in [5.74, 6) is -0.889. The molecule has 114 valence electrons. The van der Waals surface area contributed by atoms with Gasteiger partial charge in [0.25, 0.3) is 0 Å². The monoisotopic (exact) mass is 308 g/mol. The number of carboxylic acid groups (broad SMARTS) is 1. The Balaban J connectivity index is 1.92. The van der Waals surface area contributed by atoms with Gasteiger partial charge in [0.2, 0.25) is 0 Å². The van der Waals surface area contributed by atoms with Gasteiger partial charge in [-0.15, -0.1) is 0 Å². The maximum absolute atomic E-state index is 11.5. The van der Waals surface area contributed by atoms with Crippen LogP contribution in [0.1, 0.15) is 36.5 Å². The van der Waals surface area contributed by atoms with Crippen LogP contribution in [-0.4, -0.2) is 47.7 Å². The summed E-state index contributed by atoms with van der Waals surface area (Å²) in [6.45, 7) is 5.22. The molecule has 1 N–H and O–H groups in total. The maximum Gasteiger partial charge on any atom is 0.337 e. The molecular formula is C16H21ClN2O2. The van der Waals surface area contributed by atoms with Crippen molar-refractivity contribution in [2.24, 2.45) is 0 Å². The Labute approximate surface area is 130 Å². The van der Waals surface area contributed by atoms with Crippen LogP contribution in [0.5, 0.6) is 0 Å². The number of benzene rings is 1. The highest BCUT2D eigenvalue weighted by Gasteiger charge is 2.34. The molecule has 1 aromatic rings. The molecule has 2 fully saturated rings. The van der Waals surface area contributed by atoms with Crippen molar-refractivity contribution in [2.75, 3.05) is 24.5 Å². The summed E-state index contributed by atoms with van der Waals surface area (Å²) in [5.41, 5.74) is 1.10. The summed E-state index contributed by atoms with van der Waals surface area (Å²) in [4.78, 5) is 16.3. The van der Waals surface area contributed by atoms with Crippen LogP contribution in [0.4, 0.5) is 5.69 Å². The zero-order chi connectivity index (χ0) is 15.0. The third-order valence-electron chi connectivity index (χ3n) is 4.69. The van der Waals surface area contributed by atoms with Crippen molar-refractivity contribution in [3.8, 4) is 0 Å². The molecule has 0 saturated carbocycles. The molecule has 5 heteroatoms. The highest BCUT2D eigenvalue weighted by molar-refractivity contribution is 6.31. The fraction of sp³-hybridized carbons (Fsp3) is 0.562. The Bertz CT molecular complexity index is 549. The third kappa shape index (κ3) is 2.87. The molecule has 2 heterocycles. The summed E-state index contributed by atoms with van der Waals surface area (Å²) >= 11 is 6.10. The van der Waals surface area contributed by atoms with E-state index in [1.165, 1.54) is 25.8 Å². The largest absolute Gasteiger partial charge is 0.478 e. The molecule has 2 aliphatic rings. The average molecular weight is 309 g/mol. The summed E-state index contributed by atoms with van der Waals surface area (Å²) in [5, 5.41) is 10.0. The molecule has 21 heavy (non-hydrogen) atoms. The lowest BCUT2D eigenvalue weighted by Crippen LogP contribution is -2.59. The molecule has 0 bridgehead atoms. The topological polar surface area (TPSA) is 43.8 Å². The van der Waals surface area contributed by atoms with Crippen LogP contribution in [0.3, 0.4) is 0 Å². The minimum Gasteiger partial charge on any atom is -0.478 e. The predicted octanol–water partition coefficient (Wildman–Crippen LogP) is 3.10. The molecule has 2 saturated heterocycles. The SMILES string of the molecule is CC1CN2CCCCC2CN1c1cc(Cl)ccc1C(=O)O. The number of piperazine rings is 1. The first kappa shape index (κ1) is 14.7. The van der Waals surface area contributed by atoms with Gasteiger partial charge >= 0.3 is 5.97 Å². The highest BCUT2D eigenvalue weighted by Crippen LogP contribution is 2.32. The van der Waals surface area contributed by atoms with E-state index in [1.807, 2.05) is 0 Å². The third-order valence-corrected chi connectivity index (χ3v) is 4.92. The number of piperidine rings is 1. The maximum atomic E-state index is 11.5. The van der Waals surface area contributed by atoms with Gasteiger partial charge in [0.1, 0.15) is 0 Å². The second-order valence-corrected chi connectivity index (χ2v) is 6.55. The standard InChI is InChI=1S/C16H21ClN2O2/c1-11-9-18-7-3-2-4-13(18)10-19(11)15-8-12(17)5-6-14(15)16(20)21/h5-6,8,11,13H,2-4,7,9-10H2,1H3,(H,20,21). The predicted molar refractivity (Wildman–Crippen MR) is 84.4 cm³/mol. The van der Waals surface area contributed by atoms with Gasteiger partial charge in [-0.25, -0.2) is 4.79 Å². The van der Waals surface area contributed by atoms with Crippen LogP contribution in [0, 0.1) is 0 Å². The van der Waals surface area contributed by atoms with Crippen LogP contribution < -0.4 is 4.90 Å². The van der Waals surface area contributed by atoms with E-state index in [1.54, 1.807) is 18.2 Å². The van der Waals surface area contributed by atoms with E-state index in [-0.39, 0.29) is 0 Å². The normalized spacial score (nSPS) is 26.5. The number of halogens is 1. The van der Waals surface area contributed by atoms with Crippen LogP contribution in [-0.2, 0) is 0 Å². The van der Waals surface area contributed by atoms with E-state index >= 15 is 0 Å². The number of hydrogen-bond acceptors (Lipinski definition) is 3. The lowest BCUT2D eigenvalue weighted by Gasteiger charge is -2.48. The summed E-state index contributed by atoms with van der Waals surface area (Å²) < 4.78 is 0. The quantitative estimate of drug-likeness (QED) is 0.912. The van der Waals surface area contributed by atoms with Crippen LogP contribution in [0.15, 0.2) is 18.2 Å². The van der Waals surface area contributed by atoms with E-state index in [2.05, 4.69) is 16.7 Å². The van der Waals surface area contributed by atoms with Crippen molar-refractivity contribution in [3.05, 3.63) is 28.8 Å². The Morgan fingerprint density at radius 2 is 2.14 bits per heavy atom. The number of rotatable bonds is 2. The molecule has 3 rings (SSSR count). The van der Waals surface area contributed by atoms with Crippen LogP contribution >= 0.6 is 11.6 Å². The van der Waals surface area contributed by atoms with Crippen molar-refractivity contribution < 1.29 is 9.90 Å². The molecule has 2 atom stereocenters. The molecule has 2 aliphatic heterocycles. The number of aromatic carboxylic acids is 1. The molecule has 4 nitrogen and oxygen atoms in total. The van der Waals surface area contributed by atoms with E-state index in [0.29, 0.717) is 22.7 Å². The van der Waals surface area contributed by atoms with Crippen molar-refractivity contribution >= 4 is 23.3 Å². The smallest absolute Gasteiger partial charge is 0.337 e. The number of fused-ring (bicyclic) bond motifs is 1. The van der Waals surface area contributed by atoms with Crippen LogP contribution in [0.25, 0.3) is 0 Å². The van der Waals surface area contributed by atoms with Gasteiger partial charge < -0.3 is 10.0 Å². The second-order valence-electron chi connectivity index (χ2n) is 6.11.